The van der Waals surface area contributed by atoms with Crippen molar-refractivity contribution in [1.82, 2.24) is 0 Å². The lowest BCUT2D eigenvalue weighted by atomic mass is 9.85. The van der Waals surface area contributed by atoms with E-state index >= 15 is 0 Å². The van der Waals surface area contributed by atoms with Crippen molar-refractivity contribution in [2.45, 2.75) is 24.1 Å². The van der Waals surface area contributed by atoms with Crippen molar-refractivity contribution >= 4 is 50.5 Å². The number of anilines is 1. The van der Waals surface area contributed by atoms with Crippen LogP contribution in [0.4, 0.5) is 5.69 Å². The van der Waals surface area contributed by atoms with Gasteiger partial charge in [0.1, 0.15) is 0 Å². The summed E-state index contributed by atoms with van der Waals surface area (Å²) in [6.45, 7) is 3.90. The predicted octanol–water partition coefficient (Wildman–Crippen LogP) is 5.12. The molecule has 0 aliphatic carbocycles. The smallest absolute Gasteiger partial charge is 0.234 e. The second kappa shape index (κ2) is 4.86. The maximum Gasteiger partial charge on any atom is 0.234 e. The van der Waals surface area contributed by atoms with E-state index in [0.29, 0.717) is 0 Å². The van der Waals surface area contributed by atoms with Crippen LogP contribution in [0, 0.1) is 0 Å². The quantitative estimate of drug-likeness (QED) is 0.731. The maximum atomic E-state index is 12.0. The van der Waals surface area contributed by atoms with E-state index in [9.17, 15) is 4.79 Å². The van der Waals surface area contributed by atoms with Gasteiger partial charge in [0.25, 0.3) is 0 Å². The Labute approximate surface area is 135 Å². The van der Waals surface area contributed by atoms with Crippen LogP contribution in [-0.4, -0.2) is 5.91 Å². The summed E-state index contributed by atoms with van der Waals surface area (Å²) in [7, 11) is 0. The van der Waals surface area contributed by atoms with Gasteiger partial charge in [-0.3, -0.25) is 4.79 Å². The molecule has 0 bridgehead atoms. The van der Waals surface area contributed by atoms with Crippen LogP contribution < -0.4 is 5.32 Å². The lowest BCUT2D eigenvalue weighted by Gasteiger charge is -2.17. The molecule has 1 N–H and O–H groups in total. The van der Waals surface area contributed by atoms with Crippen molar-refractivity contribution in [3.63, 3.8) is 0 Å². The van der Waals surface area contributed by atoms with Crippen molar-refractivity contribution in [3.8, 4) is 0 Å². The minimum atomic E-state index is -0.481. The Kier molecular flexibility index (Phi) is 3.43. The van der Waals surface area contributed by atoms with Crippen LogP contribution in [0.25, 0.3) is 0 Å². The van der Waals surface area contributed by atoms with Gasteiger partial charge in [-0.1, -0.05) is 39.7 Å². The minimum absolute atomic E-state index is 0.0509. The third-order valence-electron chi connectivity index (χ3n) is 3.67. The van der Waals surface area contributed by atoms with E-state index in [-0.39, 0.29) is 10.7 Å². The molecule has 2 aromatic rings. The first-order valence-electron chi connectivity index (χ1n) is 6.25. The SMILES string of the molecule is CC1(C)C(=O)Nc2ccc(C(Br)c3ccc(Cl)s3)cc21. The number of hydrogen-bond donors (Lipinski definition) is 1. The highest BCUT2D eigenvalue weighted by Gasteiger charge is 2.38. The number of carbonyl (C=O) groups excluding carboxylic acids is 1. The largest absolute Gasteiger partial charge is 0.325 e. The molecule has 1 unspecified atom stereocenters. The lowest BCUT2D eigenvalue weighted by molar-refractivity contribution is -0.119. The van der Waals surface area contributed by atoms with Gasteiger partial charge in [-0.2, -0.15) is 0 Å². The number of hydrogen-bond acceptors (Lipinski definition) is 2. The van der Waals surface area contributed by atoms with Gasteiger partial charge in [-0.25, -0.2) is 0 Å². The molecule has 1 aliphatic rings. The molecular formula is C15H13BrClNOS. The van der Waals surface area contributed by atoms with Crippen molar-refractivity contribution in [1.29, 1.82) is 0 Å². The molecule has 1 aromatic heterocycles. The summed E-state index contributed by atoms with van der Waals surface area (Å²) >= 11 is 11.3. The number of halogens is 2. The fraction of sp³-hybridized carbons (Fsp3) is 0.267. The van der Waals surface area contributed by atoms with E-state index in [1.54, 1.807) is 11.3 Å². The van der Waals surface area contributed by atoms with Gasteiger partial charge >= 0.3 is 0 Å². The highest BCUT2D eigenvalue weighted by molar-refractivity contribution is 9.09. The third kappa shape index (κ3) is 2.20. The molecule has 20 heavy (non-hydrogen) atoms. The molecule has 0 radical (unpaired) electrons. The number of benzene rings is 1. The summed E-state index contributed by atoms with van der Waals surface area (Å²) in [5, 5.41) is 2.92. The van der Waals surface area contributed by atoms with E-state index in [1.165, 1.54) is 0 Å². The number of fused-ring (bicyclic) bond motifs is 1. The monoisotopic (exact) mass is 369 g/mol. The first-order valence-corrected chi connectivity index (χ1v) is 8.36. The van der Waals surface area contributed by atoms with E-state index < -0.39 is 5.41 Å². The van der Waals surface area contributed by atoms with Crippen LogP contribution in [0.3, 0.4) is 0 Å². The molecule has 2 nitrogen and oxygen atoms in total. The van der Waals surface area contributed by atoms with Crippen LogP contribution in [0.1, 0.15) is 34.7 Å². The second-order valence-electron chi connectivity index (χ2n) is 5.39. The molecule has 2 heterocycles. The standard InChI is InChI=1S/C15H13BrClNOS/c1-15(2)9-7-8(3-4-10(9)18-14(15)19)13(16)11-5-6-12(17)20-11/h3-7,13H,1-2H3,(H,18,19). The van der Waals surface area contributed by atoms with Gasteiger partial charge in [0.2, 0.25) is 5.91 Å². The molecule has 0 fully saturated rings. The number of nitrogens with one attached hydrogen (secondary N) is 1. The van der Waals surface area contributed by atoms with Gasteiger partial charge in [-0.15, -0.1) is 11.3 Å². The zero-order chi connectivity index (χ0) is 14.5. The summed E-state index contributed by atoms with van der Waals surface area (Å²) in [6, 6.07) is 10.0. The Morgan fingerprint density at radius 2 is 2.05 bits per heavy atom. The fourth-order valence-electron chi connectivity index (χ4n) is 2.38. The summed E-state index contributed by atoms with van der Waals surface area (Å²) in [4.78, 5) is 13.2. The van der Waals surface area contributed by atoms with E-state index in [2.05, 4.69) is 27.3 Å². The maximum absolute atomic E-state index is 12.0. The average molecular weight is 371 g/mol. The molecule has 5 heteroatoms. The van der Waals surface area contributed by atoms with Crippen molar-refractivity contribution < 1.29 is 4.79 Å². The number of rotatable bonds is 2. The zero-order valence-electron chi connectivity index (χ0n) is 11.0. The number of amides is 1. The fourth-order valence-corrected chi connectivity index (χ4v) is 4.16. The Morgan fingerprint density at radius 3 is 2.70 bits per heavy atom. The molecule has 104 valence electrons. The van der Waals surface area contributed by atoms with Crippen LogP contribution in [0.15, 0.2) is 30.3 Å². The van der Waals surface area contributed by atoms with Crippen LogP contribution >= 0.6 is 38.9 Å². The minimum Gasteiger partial charge on any atom is -0.325 e. The summed E-state index contributed by atoms with van der Waals surface area (Å²) in [5.74, 6) is 0.0509. The van der Waals surface area contributed by atoms with E-state index in [1.807, 2.05) is 38.1 Å². The van der Waals surface area contributed by atoms with Crippen molar-refractivity contribution in [2.75, 3.05) is 5.32 Å². The number of carbonyl (C=O) groups is 1. The van der Waals surface area contributed by atoms with Crippen LogP contribution in [-0.2, 0) is 10.2 Å². The molecule has 0 saturated heterocycles. The highest BCUT2D eigenvalue weighted by Crippen LogP contribution is 2.42. The van der Waals surface area contributed by atoms with Gasteiger partial charge in [-0.05, 0) is 43.2 Å². The van der Waals surface area contributed by atoms with E-state index in [4.69, 9.17) is 11.6 Å². The van der Waals surface area contributed by atoms with Crippen molar-refractivity contribution in [3.05, 3.63) is 50.7 Å². The zero-order valence-corrected chi connectivity index (χ0v) is 14.2. The van der Waals surface area contributed by atoms with Crippen LogP contribution in [0.2, 0.25) is 4.34 Å². The Morgan fingerprint density at radius 1 is 1.30 bits per heavy atom. The molecule has 0 saturated carbocycles. The van der Waals surface area contributed by atoms with Gasteiger partial charge in [0, 0.05) is 10.6 Å². The number of alkyl halides is 1. The van der Waals surface area contributed by atoms with Gasteiger partial charge in [0.15, 0.2) is 0 Å². The molecule has 1 aromatic carbocycles. The summed E-state index contributed by atoms with van der Waals surface area (Å²) < 4.78 is 0.780. The molecule has 3 rings (SSSR count). The summed E-state index contributed by atoms with van der Waals surface area (Å²) in [5.41, 5.74) is 2.61. The Balaban J connectivity index is 2.02. The Bertz CT molecular complexity index is 695. The second-order valence-corrected chi connectivity index (χ2v) is 8.05. The van der Waals surface area contributed by atoms with Gasteiger partial charge < -0.3 is 5.32 Å². The number of thiophene rings is 1. The molecule has 1 aliphatic heterocycles. The van der Waals surface area contributed by atoms with Gasteiger partial charge in [0.05, 0.1) is 14.6 Å². The molecule has 1 amide bonds. The average Bonchev–Trinajstić information content (AvgIpc) is 2.92. The predicted molar refractivity (Wildman–Crippen MR) is 88.2 cm³/mol. The molecule has 0 spiro atoms. The Hall–Kier alpha value is -0.840. The van der Waals surface area contributed by atoms with Crippen LogP contribution in [0.5, 0.6) is 0 Å². The van der Waals surface area contributed by atoms with Crippen molar-refractivity contribution in [2.24, 2.45) is 0 Å². The summed E-state index contributed by atoms with van der Waals surface area (Å²) in [6.07, 6.45) is 0. The third-order valence-corrected chi connectivity index (χ3v) is 6.29. The normalized spacial score (nSPS) is 17.7. The first-order chi connectivity index (χ1) is 9.39. The topological polar surface area (TPSA) is 29.1 Å². The lowest BCUT2D eigenvalue weighted by Crippen LogP contribution is -2.26. The first kappa shape index (κ1) is 14.1. The molecular weight excluding hydrogens is 358 g/mol. The molecule has 1 atom stereocenters. The van der Waals surface area contributed by atoms with E-state index in [0.717, 1.165) is 26.0 Å². The highest BCUT2D eigenvalue weighted by atomic mass is 79.9.